The third-order valence-electron chi connectivity index (χ3n) is 22.2. The number of hydrogen-bond acceptors (Lipinski definition) is 0. The zero-order valence-electron chi connectivity index (χ0n) is 64.5. The molecule has 0 heteroatoms. The molecule has 0 aliphatic carbocycles. The molecule has 1 rings (SSSR count). The minimum atomic E-state index is 1.26. The normalized spacial score (nSPS) is 11.8. The fourth-order valence-electron chi connectivity index (χ4n) is 15.5. The second-order valence-electron chi connectivity index (χ2n) is 31.6. The molecule has 0 radical (unpaired) electrons. The van der Waals surface area contributed by atoms with Gasteiger partial charge >= 0.3 is 0 Å². The van der Waals surface area contributed by atoms with Crippen LogP contribution < -0.4 is 0 Å². The number of unbranched alkanes of at least 4 members (excludes halogenated alkanes) is 83. The van der Waals surface area contributed by atoms with Gasteiger partial charge in [0.15, 0.2) is 0 Å². The maximum Gasteiger partial charge on any atom is -0.0279 e. The minimum absolute atomic E-state index is 1.26. The fourth-order valence-corrected chi connectivity index (χ4v) is 15.5. The monoisotopic (exact) mass is 1280 g/mol. The lowest BCUT2D eigenvalue weighted by Crippen LogP contribution is -1.86. The van der Waals surface area contributed by atoms with E-state index in [1.807, 2.05) is 0 Å². The first-order valence-electron chi connectivity index (χ1n) is 45.0. The second kappa shape index (κ2) is 84.4. The molecule has 0 fully saturated rings. The highest BCUT2D eigenvalue weighted by Gasteiger charge is 2.03. The molecule has 0 spiro atoms. The molecule has 546 valence electrons. The van der Waals surface area contributed by atoms with Crippen molar-refractivity contribution in [1.82, 2.24) is 0 Å². The van der Waals surface area contributed by atoms with Crippen molar-refractivity contribution in [2.75, 3.05) is 0 Å². The van der Waals surface area contributed by atoms with Crippen LogP contribution in [0.15, 0.2) is 30.3 Å². The van der Waals surface area contributed by atoms with Crippen LogP contribution in [0.3, 0.4) is 0 Å². The van der Waals surface area contributed by atoms with Crippen molar-refractivity contribution in [2.45, 2.75) is 553 Å². The van der Waals surface area contributed by atoms with Gasteiger partial charge in [-0.1, -0.05) is 570 Å². The molecule has 0 aromatic heterocycles. The topological polar surface area (TPSA) is 0 Å². The van der Waals surface area contributed by atoms with Crippen LogP contribution in [-0.2, 0) is 6.42 Å². The molecule has 0 saturated heterocycles. The second-order valence-corrected chi connectivity index (χ2v) is 31.6. The molecule has 0 N–H and O–H groups in total. The summed E-state index contributed by atoms with van der Waals surface area (Å²) in [5.74, 6) is 0. The van der Waals surface area contributed by atoms with Gasteiger partial charge in [-0.25, -0.2) is 0 Å². The number of rotatable bonds is 85. The predicted molar refractivity (Wildman–Crippen MR) is 424 cm³/mol. The SMILES string of the molecule is CCCCCCCCCCCCCCCCCCCCCCCCCCCCCCCCCCCCCCCCCCCCCCCCCCCCCCCCCCCCCCCCCCCCCCCCCCCCCCCCCCCCCCc1ccccc1. The first kappa shape index (κ1) is 89.2. The summed E-state index contributed by atoms with van der Waals surface area (Å²) in [6.45, 7) is 2.32. The molecule has 0 heterocycles. The van der Waals surface area contributed by atoms with Gasteiger partial charge in [0.05, 0.1) is 0 Å². The molecule has 92 heavy (non-hydrogen) atoms. The van der Waals surface area contributed by atoms with Crippen molar-refractivity contribution in [2.24, 2.45) is 0 Å². The maximum absolute atomic E-state index is 2.32. The van der Waals surface area contributed by atoms with Gasteiger partial charge in [0.25, 0.3) is 0 Å². The minimum Gasteiger partial charge on any atom is -0.0654 e. The highest BCUT2D eigenvalue weighted by Crippen LogP contribution is 2.23. The number of aryl methyl sites for hydroxylation is 1. The third kappa shape index (κ3) is 79.9. The molecule has 0 nitrogen and oxygen atoms in total. The highest BCUT2D eigenvalue weighted by molar-refractivity contribution is 5.14. The van der Waals surface area contributed by atoms with E-state index >= 15 is 0 Å². The molecule has 0 amide bonds. The van der Waals surface area contributed by atoms with Crippen molar-refractivity contribution in [3.8, 4) is 0 Å². The van der Waals surface area contributed by atoms with Crippen LogP contribution in [0.5, 0.6) is 0 Å². The van der Waals surface area contributed by atoms with Crippen LogP contribution >= 0.6 is 0 Å². The van der Waals surface area contributed by atoms with Gasteiger partial charge in [-0.05, 0) is 18.4 Å². The maximum atomic E-state index is 2.32. The Bertz CT molecular complexity index is 1360. The van der Waals surface area contributed by atoms with Gasteiger partial charge in [0.2, 0.25) is 0 Å². The van der Waals surface area contributed by atoms with Crippen LogP contribution in [0.25, 0.3) is 0 Å². The van der Waals surface area contributed by atoms with Gasteiger partial charge in [0, 0.05) is 0 Å². The quantitative estimate of drug-likeness (QED) is 0.0570. The molecular weight excluding hydrogens is 1110 g/mol. The van der Waals surface area contributed by atoms with E-state index < -0.39 is 0 Å². The Morgan fingerprint density at radius 2 is 0.217 bits per heavy atom. The Morgan fingerprint density at radius 1 is 0.120 bits per heavy atom. The summed E-state index contributed by atoms with van der Waals surface area (Å²) in [4.78, 5) is 0. The molecule has 0 aliphatic heterocycles. The Balaban J connectivity index is 1.58. The van der Waals surface area contributed by atoms with E-state index in [1.54, 1.807) is 0 Å². The van der Waals surface area contributed by atoms with E-state index in [-0.39, 0.29) is 0 Å². The van der Waals surface area contributed by atoms with Crippen LogP contribution in [0.2, 0.25) is 0 Å². The lowest BCUT2D eigenvalue weighted by atomic mass is 10.0. The standard InChI is InChI=1S/C92H178/c1-2-3-4-5-6-7-8-9-10-11-12-13-14-15-16-17-18-19-20-21-22-23-24-25-26-27-28-29-30-31-32-33-34-35-36-37-38-39-40-41-42-43-44-45-46-47-48-49-50-51-52-53-54-55-56-57-58-59-60-61-62-63-64-65-66-67-68-69-70-71-72-73-74-75-76-77-78-79-80-81-82-83-84-86-89-92-90-87-85-88-91-92/h85,87-88,90-91H,2-84,86,89H2,1H3. The van der Waals surface area contributed by atoms with E-state index in [1.165, 1.54) is 551 Å². The molecular formula is C92H178. The Morgan fingerprint density at radius 3 is 0.326 bits per heavy atom. The molecule has 1 aromatic carbocycles. The van der Waals surface area contributed by atoms with Crippen LogP contribution in [0.1, 0.15) is 552 Å². The lowest BCUT2D eigenvalue weighted by Gasteiger charge is -2.05. The van der Waals surface area contributed by atoms with Crippen molar-refractivity contribution in [3.05, 3.63) is 35.9 Å². The lowest BCUT2D eigenvalue weighted by molar-refractivity contribution is 0.505. The van der Waals surface area contributed by atoms with Gasteiger partial charge in [-0.2, -0.15) is 0 Å². The summed E-state index contributed by atoms with van der Waals surface area (Å²) in [5.41, 5.74) is 1.51. The smallest absolute Gasteiger partial charge is 0.0279 e. The van der Waals surface area contributed by atoms with E-state index in [9.17, 15) is 0 Å². The predicted octanol–water partition coefficient (Wildman–Crippen LogP) is 35.0. The van der Waals surface area contributed by atoms with Crippen molar-refractivity contribution >= 4 is 0 Å². The van der Waals surface area contributed by atoms with E-state index in [0.29, 0.717) is 0 Å². The van der Waals surface area contributed by atoms with Crippen molar-refractivity contribution in [1.29, 1.82) is 0 Å². The van der Waals surface area contributed by atoms with Crippen LogP contribution in [0.4, 0.5) is 0 Å². The summed E-state index contributed by atoms with van der Waals surface area (Å²) in [6.07, 6.45) is 126. The van der Waals surface area contributed by atoms with Crippen molar-refractivity contribution < 1.29 is 0 Å². The summed E-state index contributed by atoms with van der Waals surface area (Å²) in [7, 11) is 0. The summed E-state index contributed by atoms with van der Waals surface area (Å²) in [5, 5.41) is 0. The van der Waals surface area contributed by atoms with Gasteiger partial charge < -0.3 is 0 Å². The van der Waals surface area contributed by atoms with Gasteiger partial charge in [0.1, 0.15) is 0 Å². The molecule has 1 aromatic rings. The number of benzene rings is 1. The van der Waals surface area contributed by atoms with Gasteiger partial charge in [-0.3, -0.25) is 0 Å². The van der Waals surface area contributed by atoms with E-state index in [0.717, 1.165) is 0 Å². The number of hydrogen-bond donors (Lipinski definition) is 0. The summed E-state index contributed by atoms with van der Waals surface area (Å²) < 4.78 is 0. The highest BCUT2D eigenvalue weighted by atomic mass is 14.1. The third-order valence-corrected chi connectivity index (χ3v) is 22.2. The Hall–Kier alpha value is -0.780. The molecule has 0 atom stereocenters. The fraction of sp³-hybridized carbons (Fsp3) is 0.935. The average molecular weight is 1280 g/mol. The zero-order valence-corrected chi connectivity index (χ0v) is 64.5. The average Bonchev–Trinajstić information content (AvgIpc) is 3.60. The first-order valence-corrected chi connectivity index (χ1v) is 45.0. The van der Waals surface area contributed by atoms with Gasteiger partial charge in [-0.15, -0.1) is 0 Å². The Labute approximate surface area is 585 Å². The van der Waals surface area contributed by atoms with Crippen LogP contribution in [-0.4, -0.2) is 0 Å². The molecule has 0 bridgehead atoms. The van der Waals surface area contributed by atoms with Crippen LogP contribution in [0, 0.1) is 0 Å². The summed E-state index contributed by atoms with van der Waals surface area (Å²) in [6, 6.07) is 11.0. The molecule has 0 aliphatic rings. The largest absolute Gasteiger partial charge is 0.0654 e. The molecule has 0 unspecified atom stereocenters. The first-order chi connectivity index (χ1) is 45.9. The van der Waals surface area contributed by atoms with E-state index in [4.69, 9.17) is 0 Å². The van der Waals surface area contributed by atoms with Crippen molar-refractivity contribution in [3.63, 3.8) is 0 Å². The Kier molecular flexibility index (Phi) is 81.9. The van der Waals surface area contributed by atoms with E-state index in [2.05, 4.69) is 37.3 Å². The zero-order chi connectivity index (χ0) is 65.2. The summed E-state index contributed by atoms with van der Waals surface area (Å²) >= 11 is 0. The molecule has 0 saturated carbocycles.